The SMILES string of the molecule is CS(=O)(=O)C(CCCCCCCCCCCCCCC[NH3+])(S(C)(=O)=O)S(C)(=O)=O.[Cl-]. The van der Waals surface area contributed by atoms with Crippen molar-refractivity contribution in [2.24, 2.45) is 0 Å². The lowest BCUT2D eigenvalue weighted by Gasteiger charge is -2.28. The summed E-state index contributed by atoms with van der Waals surface area (Å²) in [4.78, 5) is 0. The smallest absolute Gasteiger partial charge is 0.271 e. The van der Waals surface area contributed by atoms with E-state index in [1.165, 1.54) is 51.4 Å². The number of quaternary nitrogens is 1. The number of rotatable bonds is 18. The van der Waals surface area contributed by atoms with Gasteiger partial charge < -0.3 is 18.1 Å². The summed E-state index contributed by atoms with van der Waals surface area (Å²) in [5.74, 6) is 0. The maximum Gasteiger partial charge on any atom is 0.271 e. The van der Waals surface area contributed by atoms with Crippen LogP contribution in [0.5, 0.6) is 0 Å². The van der Waals surface area contributed by atoms with Gasteiger partial charge in [-0.05, 0) is 25.7 Å². The first-order valence-electron chi connectivity index (χ1n) is 10.7. The Hall–Kier alpha value is 0.1000. The van der Waals surface area contributed by atoms with Crippen molar-refractivity contribution in [3.63, 3.8) is 0 Å². The molecule has 0 aromatic heterocycles. The zero-order valence-corrected chi connectivity index (χ0v) is 22.1. The van der Waals surface area contributed by atoms with E-state index in [0.717, 1.165) is 25.8 Å². The van der Waals surface area contributed by atoms with Crippen molar-refractivity contribution in [2.45, 2.75) is 93.3 Å². The summed E-state index contributed by atoms with van der Waals surface area (Å²) in [6, 6.07) is 0. The van der Waals surface area contributed by atoms with Gasteiger partial charge in [0.25, 0.3) is 3.41 Å². The van der Waals surface area contributed by atoms with Crippen LogP contribution in [0.3, 0.4) is 0 Å². The first-order chi connectivity index (χ1) is 13.3. The summed E-state index contributed by atoms with van der Waals surface area (Å²) in [5, 5.41) is 0. The van der Waals surface area contributed by atoms with E-state index in [4.69, 9.17) is 0 Å². The fourth-order valence-corrected chi connectivity index (χ4v) is 12.0. The van der Waals surface area contributed by atoms with E-state index in [-0.39, 0.29) is 18.8 Å². The third-order valence-corrected chi connectivity index (χ3v) is 14.9. The Balaban J connectivity index is 0. The second-order valence-corrected chi connectivity index (χ2v) is 15.7. The van der Waals surface area contributed by atoms with Crippen LogP contribution >= 0.6 is 0 Å². The highest BCUT2D eigenvalue weighted by Gasteiger charge is 2.58. The molecule has 0 bridgehead atoms. The van der Waals surface area contributed by atoms with E-state index in [1.54, 1.807) is 0 Å². The van der Waals surface area contributed by atoms with E-state index in [1.807, 2.05) is 0 Å². The normalized spacial score (nSPS) is 13.2. The molecule has 0 unspecified atom stereocenters. The molecule has 0 aliphatic carbocycles. The number of hydrogen-bond donors (Lipinski definition) is 1. The van der Waals surface area contributed by atoms with Crippen molar-refractivity contribution in [3.8, 4) is 0 Å². The van der Waals surface area contributed by atoms with E-state index >= 15 is 0 Å². The molecule has 0 amide bonds. The van der Waals surface area contributed by atoms with Gasteiger partial charge in [0.05, 0.1) is 6.54 Å². The van der Waals surface area contributed by atoms with Crippen LogP contribution < -0.4 is 18.1 Å². The van der Waals surface area contributed by atoms with Crippen molar-refractivity contribution in [2.75, 3.05) is 25.3 Å². The molecule has 0 spiro atoms. The Kier molecular flexibility index (Phi) is 16.2. The van der Waals surface area contributed by atoms with E-state index in [2.05, 4.69) is 5.73 Å². The van der Waals surface area contributed by atoms with Crippen molar-refractivity contribution in [1.29, 1.82) is 0 Å². The summed E-state index contributed by atoms with van der Waals surface area (Å²) in [5.41, 5.74) is 3.84. The summed E-state index contributed by atoms with van der Waals surface area (Å²) in [6.07, 6.45) is 15.5. The molecule has 0 atom stereocenters. The van der Waals surface area contributed by atoms with Crippen molar-refractivity contribution >= 4 is 29.5 Å². The van der Waals surface area contributed by atoms with Crippen LogP contribution in [0.15, 0.2) is 0 Å². The van der Waals surface area contributed by atoms with Gasteiger partial charge in [-0.1, -0.05) is 64.2 Å². The molecule has 0 aliphatic rings. The predicted octanol–water partition coefficient (Wildman–Crippen LogP) is -0.519. The van der Waals surface area contributed by atoms with Gasteiger partial charge in [-0.3, -0.25) is 0 Å². The Morgan fingerprint density at radius 2 is 0.733 bits per heavy atom. The average molecular weight is 512 g/mol. The maximum absolute atomic E-state index is 12.2. The van der Waals surface area contributed by atoms with Gasteiger partial charge in [-0.25, -0.2) is 25.3 Å². The lowest BCUT2D eigenvalue weighted by atomic mass is 10.0. The van der Waals surface area contributed by atoms with E-state index < -0.39 is 39.3 Å². The minimum absolute atomic E-state index is 0. The molecule has 0 heterocycles. The molecule has 3 N–H and O–H groups in total. The highest BCUT2D eigenvalue weighted by molar-refractivity contribution is 8.25. The van der Waals surface area contributed by atoms with Gasteiger partial charge in [0.2, 0.25) is 0 Å². The van der Waals surface area contributed by atoms with Crippen LogP contribution in [-0.2, 0) is 29.5 Å². The summed E-state index contributed by atoms with van der Waals surface area (Å²) in [6.45, 7) is 1.03. The Labute approximate surface area is 191 Å². The third kappa shape index (κ3) is 10.6. The number of sulfone groups is 3. The van der Waals surface area contributed by atoms with Gasteiger partial charge in [-0.15, -0.1) is 0 Å². The molecule has 0 fully saturated rings. The minimum Gasteiger partial charge on any atom is -1.00 e. The lowest BCUT2D eigenvalue weighted by Crippen LogP contribution is -3.00. The monoisotopic (exact) mass is 511 g/mol. The van der Waals surface area contributed by atoms with Gasteiger partial charge in [0.1, 0.15) is 0 Å². The molecule has 0 aliphatic heterocycles. The standard InChI is InChI=1S/C19H41NO6S3.ClH/c1-27(21,22)19(28(2,23)24,29(3,25)26)17-15-13-11-9-7-5-4-6-8-10-12-14-16-18-20;/h4-18,20H2,1-3H3;1H. The van der Waals surface area contributed by atoms with E-state index in [0.29, 0.717) is 25.2 Å². The molecule has 30 heavy (non-hydrogen) atoms. The topological polar surface area (TPSA) is 130 Å². The van der Waals surface area contributed by atoms with Gasteiger partial charge >= 0.3 is 0 Å². The minimum atomic E-state index is -4.34. The molecule has 0 radical (unpaired) electrons. The second kappa shape index (κ2) is 15.0. The molecule has 0 aromatic carbocycles. The zero-order chi connectivity index (χ0) is 22.6. The first kappa shape index (κ1) is 32.3. The van der Waals surface area contributed by atoms with Crippen molar-refractivity contribution in [3.05, 3.63) is 0 Å². The number of hydrogen-bond acceptors (Lipinski definition) is 6. The van der Waals surface area contributed by atoms with Crippen LogP contribution in [0.4, 0.5) is 0 Å². The molecule has 0 rings (SSSR count). The predicted molar refractivity (Wildman–Crippen MR) is 120 cm³/mol. The Morgan fingerprint density at radius 3 is 0.967 bits per heavy atom. The number of halogens is 1. The molecule has 0 aromatic rings. The van der Waals surface area contributed by atoms with Crippen LogP contribution in [0, 0.1) is 0 Å². The van der Waals surface area contributed by atoms with Crippen LogP contribution in [-0.4, -0.2) is 54.0 Å². The molecule has 0 saturated carbocycles. The maximum atomic E-state index is 12.2. The average Bonchev–Trinajstić information content (AvgIpc) is 2.54. The molecular weight excluding hydrogens is 470 g/mol. The van der Waals surface area contributed by atoms with Gasteiger partial charge in [0.15, 0.2) is 29.5 Å². The third-order valence-electron chi connectivity index (χ3n) is 5.43. The first-order valence-corrected chi connectivity index (χ1v) is 16.4. The van der Waals surface area contributed by atoms with Crippen molar-refractivity contribution < 1.29 is 43.4 Å². The highest BCUT2D eigenvalue weighted by Crippen LogP contribution is 2.35. The molecule has 0 saturated heterocycles. The van der Waals surface area contributed by atoms with Gasteiger partial charge in [0, 0.05) is 18.8 Å². The quantitative estimate of drug-likeness (QED) is 0.246. The van der Waals surface area contributed by atoms with E-state index in [9.17, 15) is 25.3 Å². The largest absolute Gasteiger partial charge is 1.00 e. The van der Waals surface area contributed by atoms with Gasteiger partial charge in [-0.2, -0.15) is 0 Å². The second-order valence-electron chi connectivity index (χ2n) is 8.20. The fraction of sp³-hybridized carbons (Fsp3) is 1.00. The Morgan fingerprint density at radius 1 is 0.500 bits per heavy atom. The van der Waals surface area contributed by atoms with Crippen molar-refractivity contribution in [1.82, 2.24) is 0 Å². The summed E-state index contributed by atoms with van der Waals surface area (Å²) in [7, 11) is -13.0. The number of unbranched alkanes of at least 4 members (excludes halogenated alkanes) is 12. The molecular formula is C19H42ClNO6S3. The zero-order valence-electron chi connectivity index (χ0n) is 18.9. The molecule has 7 nitrogen and oxygen atoms in total. The summed E-state index contributed by atoms with van der Waals surface area (Å²) < 4.78 is 70.2. The van der Waals surface area contributed by atoms with Crippen LogP contribution in [0.1, 0.15) is 89.9 Å². The molecule has 184 valence electrons. The highest BCUT2D eigenvalue weighted by atomic mass is 35.5. The molecule has 11 heteroatoms. The summed E-state index contributed by atoms with van der Waals surface area (Å²) >= 11 is 0. The van der Waals surface area contributed by atoms with Crippen LogP contribution in [0.2, 0.25) is 0 Å². The van der Waals surface area contributed by atoms with Crippen LogP contribution in [0.25, 0.3) is 0 Å². The lowest BCUT2D eigenvalue weighted by molar-refractivity contribution is -0.368. The Bertz CT molecular complexity index is 685. The fourth-order valence-electron chi connectivity index (χ4n) is 3.84.